The Kier molecular flexibility index (Phi) is 5.97. The second kappa shape index (κ2) is 7.96. The average molecular weight is 356 g/mol. The van der Waals surface area contributed by atoms with Crippen LogP contribution in [-0.2, 0) is 4.74 Å². The van der Waals surface area contributed by atoms with Crippen LogP contribution in [0.5, 0.6) is 0 Å². The van der Waals surface area contributed by atoms with Gasteiger partial charge in [-0.3, -0.25) is 14.9 Å². The summed E-state index contributed by atoms with van der Waals surface area (Å²) in [6.07, 6.45) is 0.741. The van der Waals surface area contributed by atoms with Gasteiger partial charge in [-0.15, -0.1) is 0 Å². The maximum atomic E-state index is 12.3. The number of hydrogen-bond donors (Lipinski definition) is 1. The van der Waals surface area contributed by atoms with Crippen LogP contribution in [0.3, 0.4) is 0 Å². The highest BCUT2D eigenvalue weighted by Gasteiger charge is 2.27. The number of nitro groups is 1. The molecule has 0 atom stereocenters. The van der Waals surface area contributed by atoms with E-state index in [2.05, 4.69) is 5.32 Å². The number of benzene rings is 1. The minimum atomic E-state index is -0.616. The third-order valence-electron chi connectivity index (χ3n) is 3.76. The molecule has 2 amide bonds. The molecule has 0 aromatic heterocycles. The first kappa shape index (κ1) is 18.0. The molecule has 2 rings (SSSR count). The highest BCUT2D eigenvalue weighted by Crippen LogP contribution is 2.23. The Morgan fingerprint density at radius 2 is 2.08 bits per heavy atom. The maximum absolute atomic E-state index is 12.3. The summed E-state index contributed by atoms with van der Waals surface area (Å²) in [6.45, 7) is 2.97. The Balaban J connectivity index is 1.98. The van der Waals surface area contributed by atoms with Gasteiger partial charge in [0.2, 0.25) is 0 Å². The number of likely N-dealkylation sites (tertiary alicyclic amines) is 1. The molecule has 8 nitrogen and oxygen atoms in total. The molecule has 1 saturated heterocycles. The number of nitrogens with zero attached hydrogens (tertiary/aromatic N) is 2. The molecule has 1 aromatic rings. The van der Waals surface area contributed by atoms with E-state index in [-0.39, 0.29) is 28.4 Å². The second-order valence-corrected chi connectivity index (χ2v) is 5.79. The van der Waals surface area contributed by atoms with Crippen molar-refractivity contribution in [1.82, 2.24) is 10.2 Å². The molecule has 0 bridgehead atoms. The van der Waals surface area contributed by atoms with Gasteiger partial charge in [0.05, 0.1) is 11.5 Å². The SMILES string of the molecule is CCOC(=O)N1CCC(NC(=O)c2cc(Cl)ccc2[N+](=O)[O-])CC1. The van der Waals surface area contributed by atoms with Gasteiger partial charge in [0.25, 0.3) is 11.6 Å². The van der Waals surface area contributed by atoms with E-state index in [1.807, 2.05) is 0 Å². The molecule has 0 unspecified atom stereocenters. The normalized spacial score (nSPS) is 15.0. The Labute approximate surface area is 143 Å². The van der Waals surface area contributed by atoms with Crippen LogP contribution in [0.4, 0.5) is 10.5 Å². The van der Waals surface area contributed by atoms with Crippen molar-refractivity contribution in [2.75, 3.05) is 19.7 Å². The predicted molar refractivity (Wildman–Crippen MR) is 87.2 cm³/mol. The Morgan fingerprint density at radius 1 is 1.42 bits per heavy atom. The van der Waals surface area contributed by atoms with Gasteiger partial charge in [-0.25, -0.2) is 4.79 Å². The zero-order valence-corrected chi connectivity index (χ0v) is 13.9. The van der Waals surface area contributed by atoms with Gasteiger partial charge in [0, 0.05) is 30.2 Å². The van der Waals surface area contributed by atoms with Crippen molar-refractivity contribution in [1.29, 1.82) is 0 Å². The summed E-state index contributed by atoms with van der Waals surface area (Å²) in [5.74, 6) is -0.543. The summed E-state index contributed by atoms with van der Waals surface area (Å²) < 4.78 is 4.93. The predicted octanol–water partition coefficient (Wildman–Crippen LogP) is 2.60. The third kappa shape index (κ3) is 4.35. The molecule has 1 N–H and O–H groups in total. The van der Waals surface area contributed by atoms with Crippen LogP contribution in [0.1, 0.15) is 30.1 Å². The highest BCUT2D eigenvalue weighted by atomic mass is 35.5. The number of rotatable bonds is 4. The van der Waals surface area contributed by atoms with Crippen molar-refractivity contribution in [2.45, 2.75) is 25.8 Å². The molecule has 0 aliphatic carbocycles. The van der Waals surface area contributed by atoms with Crippen LogP contribution in [-0.4, -0.2) is 47.6 Å². The number of piperidine rings is 1. The van der Waals surface area contributed by atoms with E-state index in [1.54, 1.807) is 11.8 Å². The van der Waals surface area contributed by atoms with E-state index in [0.29, 0.717) is 32.5 Å². The molecule has 24 heavy (non-hydrogen) atoms. The van der Waals surface area contributed by atoms with E-state index in [0.717, 1.165) is 0 Å². The van der Waals surface area contributed by atoms with Gasteiger partial charge in [0.15, 0.2) is 0 Å². The first-order chi connectivity index (χ1) is 11.4. The van der Waals surface area contributed by atoms with Gasteiger partial charge in [-0.1, -0.05) is 11.6 Å². The summed E-state index contributed by atoms with van der Waals surface area (Å²) in [6, 6.07) is 3.69. The maximum Gasteiger partial charge on any atom is 0.409 e. The first-order valence-corrected chi connectivity index (χ1v) is 7.96. The molecule has 1 aromatic carbocycles. The van der Waals surface area contributed by atoms with Crippen LogP contribution in [0.25, 0.3) is 0 Å². The number of ether oxygens (including phenoxy) is 1. The molecule has 0 radical (unpaired) electrons. The lowest BCUT2D eigenvalue weighted by molar-refractivity contribution is -0.385. The van der Waals surface area contributed by atoms with Crippen LogP contribution >= 0.6 is 11.6 Å². The molecule has 0 spiro atoms. The van der Waals surface area contributed by atoms with E-state index in [1.165, 1.54) is 18.2 Å². The number of nitrogens with one attached hydrogen (secondary N) is 1. The van der Waals surface area contributed by atoms with Crippen LogP contribution in [0, 0.1) is 10.1 Å². The van der Waals surface area contributed by atoms with Crippen LogP contribution in [0.2, 0.25) is 5.02 Å². The Hall–Kier alpha value is -2.35. The monoisotopic (exact) mass is 355 g/mol. The second-order valence-electron chi connectivity index (χ2n) is 5.35. The fraction of sp³-hybridized carbons (Fsp3) is 0.467. The summed E-state index contributed by atoms with van der Waals surface area (Å²) >= 11 is 5.83. The molecule has 1 aliphatic heterocycles. The molecule has 9 heteroatoms. The summed E-state index contributed by atoms with van der Waals surface area (Å²) in [5, 5.41) is 14.1. The number of hydrogen-bond acceptors (Lipinski definition) is 5. The van der Waals surface area contributed by atoms with Gasteiger partial charge in [0.1, 0.15) is 5.56 Å². The highest BCUT2D eigenvalue weighted by molar-refractivity contribution is 6.31. The Morgan fingerprint density at radius 3 is 2.67 bits per heavy atom. The molecule has 0 saturated carbocycles. The summed E-state index contributed by atoms with van der Waals surface area (Å²) in [7, 11) is 0. The van der Waals surface area contributed by atoms with Crippen molar-refractivity contribution in [3.05, 3.63) is 38.9 Å². The van der Waals surface area contributed by atoms with Crippen molar-refractivity contribution < 1.29 is 19.2 Å². The van der Waals surface area contributed by atoms with Crippen LogP contribution < -0.4 is 5.32 Å². The minimum absolute atomic E-state index is 0.0691. The standard InChI is InChI=1S/C15H18ClN3O5/c1-2-24-15(21)18-7-5-11(6-8-18)17-14(20)12-9-10(16)3-4-13(12)19(22)23/h3-4,9,11H,2,5-8H2,1H3,(H,17,20). The first-order valence-electron chi connectivity index (χ1n) is 7.59. The van der Waals surface area contributed by atoms with E-state index >= 15 is 0 Å². The largest absolute Gasteiger partial charge is 0.450 e. The fourth-order valence-electron chi connectivity index (χ4n) is 2.53. The lowest BCUT2D eigenvalue weighted by Gasteiger charge is -2.31. The lowest BCUT2D eigenvalue weighted by Crippen LogP contribution is -2.46. The molecule has 1 aliphatic rings. The van der Waals surface area contributed by atoms with Crippen molar-refractivity contribution in [3.8, 4) is 0 Å². The van der Waals surface area contributed by atoms with Gasteiger partial charge >= 0.3 is 6.09 Å². The van der Waals surface area contributed by atoms with Crippen molar-refractivity contribution in [2.24, 2.45) is 0 Å². The fourth-order valence-corrected chi connectivity index (χ4v) is 2.71. The minimum Gasteiger partial charge on any atom is -0.450 e. The van der Waals surface area contributed by atoms with Crippen LogP contribution in [0.15, 0.2) is 18.2 Å². The van der Waals surface area contributed by atoms with Crippen molar-refractivity contribution in [3.63, 3.8) is 0 Å². The number of carbonyl (C=O) groups excluding carboxylic acids is 2. The van der Waals surface area contributed by atoms with Gasteiger partial charge in [-0.2, -0.15) is 0 Å². The van der Waals surface area contributed by atoms with Crippen molar-refractivity contribution >= 4 is 29.3 Å². The van der Waals surface area contributed by atoms with Gasteiger partial charge < -0.3 is 15.0 Å². The molecule has 1 fully saturated rings. The third-order valence-corrected chi connectivity index (χ3v) is 3.99. The zero-order valence-electron chi connectivity index (χ0n) is 13.2. The quantitative estimate of drug-likeness (QED) is 0.660. The number of carbonyl (C=O) groups is 2. The van der Waals surface area contributed by atoms with E-state index in [9.17, 15) is 19.7 Å². The molecular weight excluding hydrogens is 338 g/mol. The smallest absolute Gasteiger partial charge is 0.409 e. The summed E-state index contributed by atoms with van der Waals surface area (Å²) in [5.41, 5.74) is -0.360. The number of nitro benzene ring substituents is 1. The zero-order chi connectivity index (χ0) is 17.7. The van der Waals surface area contributed by atoms with E-state index in [4.69, 9.17) is 16.3 Å². The topological polar surface area (TPSA) is 102 Å². The average Bonchev–Trinajstić information content (AvgIpc) is 2.55. The molecular formula is C15H18ClN3O5. The van der Waals surface area contributed by atoms with Gasteiger partial charge in [-0.05, 0) is 31.9 Å². The number of halogens is 1. The van der Waals surface area contributed by atoms with E-state index < -0.39 is 10.8 Å². The molecule has 1 heterocycles. The summed E-state index contributed by atoms with van der Waals surface area (Å²) in [4.78, 5) is 36.0. The molecule has 130 valence electrons. The lowest BCUT2D eigenvalue weighted by atomic mass is 10.0. The number of amides is 2. The Bertz CT molecular complexity index is 644.